The van der Waals surface area contributed by atoms with Gasteiger partial charge in [-0.2, -0.15) is 27.1 Å². The number of nitrogens with two attached hydrogens (primary N) is 1. The van der Waals surface area contributed by atoms with E-state index in [2.05, 4.69) is 64.4 Å². The van der Waals surface area contributed by atoms with Crippen molar-refractivity contribution in [2.75, 3.05) is 46.1 Å². The van der Waals surface area contributed by atoms with E-state index in [1.54, 1.807) is 12.1 Å². The van der Waals surface area contributed by atoms with Gasteiger partial charge in [-0.1, -0.05) is 10.1 Å². The second-order valence-electron chi connectivity index (χ2n) is 15.3. The van der Waals surface area contributed by atoms with Gasteiger partial charge in [0.15, 0.2) is 27.9 Å². The van der Waals surface area contributed by atoms with Gasteiger partial charge in [0.25, 0.3) is 30.3 Å². The number of fused-ring (bicyclic) bond motifs is 1. The molecule has 0 saturated heterocycles. The van der Waals surface area contributed by atoms with Crippen LogP contribution in [0.2, 0.25) is 0 Å². The number of phenols is 1. The number of rotatable bonds is 25. The molecule has 77 heavy (non-hydrogen) atoms. The number of nitrogens with zero attached hydrogens (tertiary/aromatic N) is 7. The molecule has 6 aromatic rings. The molecule has 1 amide bonds. The Hall–Kier alpha value is -6.81. The molecule has 0 unspecified atom stereocenters. The normalized spacial score (nSPS) is 12.6. The Kier molecular flexibility index (Phi) is 19.7. The van der Waals surface area contributed by atoms with Gasteiger partial charge in [0.1, 0.15) is 32.5 Å². The van der Waals surface area contributed by atoms with Gasteiger partial charge in [-0.25, -0.2) is 27.4 Å². The van der Waals surface area contributed by atoms with Crippen LogP contribution in [0.15, 0.2) is 152 Å². The number of sulfonamides is 1. The highest BCUT2D eigenvalue weighted by atomic mass is 32.2. The maximum atomic E-state index is 13.4. The van der Waals surface area contributed by atoms with Crippen LogP contribution in [0.25, 0.3) is 10.8 Å². The lowest BCUT2D eigenvalue weighted by molar-refractivity contribution is -0.434. The molecule has 0 spiro atoms. The maximum Gasteiger partial charge on any atom is 0.296 e. The number of carbonyl (C=O) groups is 1. The van der Waals surface area contributed by atoms with Gasteiger partial charge in [0.2, 0.25) is 5.91 Å². The Morgan fingerprint density at radius 3 is 1.88 bits per heavy atom. The Bertz CT molecular complexity index is 3720. The molecular weight excluding hydrogens is 1140 g/mol. The number of carbonyl (C=O) groups excluding carboxylic acids is 1. The lowest BCUT2D eigenvalue weighted by atomic mass is 10.1. The largest absolute Gasteiger partial charge is 0.505 e. The van der Waals surface area contributed by atoms with Crippen molar-refractivity contribution in [3.63, 3.8) is 0 Å². The summed E-state index contributed by atoms with van der Waals surface area (Å²) < 4.78 is 139. The summed E-state index contributed by atoms with van der Waals surface area (Å²) in [7, 11) is -19.0. The molecule has 0 atom stereocenters. The number of sulfone groups is 1. The Labute approximate surface area is 446 Å². The highest BCUT2D eigenvalue weighted by Gasteiger charge is 2.27. The third-order valence-electron chi connectivity index (χ3n) is 10.3. The number of nitrogens with one attached hydrogen (secondary N) is 2. The quantitative estimate of drug-likeness (QED) is 0.00502. The van der Waals surface area contributed by atoms with Crippen molar-refractivity contribution in [2.24, 2.45) is 30.7 Å². The number of phenolic OH excluding ortho intramolecular Hbond substituents is 1. The molecule has 6 rings (SSSR count). The molecule has 0 aliphatic carbocycles. The van der Waals surface area contributed by atoms with E-state index in [1.807, 2.05) is 19.9 Å². The Morgan fingerprint density at radius 1 is 0.688 bits per heavy atom. The van der Waals surface area contributed by atoms with Crippen LogP contribution in [0.3, 0.4) is 0 Å². The van der Waals surface area contributed by atoms with Gasteiger partial charge in [-0.15, -0.1) is 29.1 Å². The fraction of sp³-hybridized carbons (Fsp3) is 0.167. The van der Waals surface area contributed by atoms with Gasteiger partial charge in [0, 0.05) is 31.4 Å². The van der Waals surface area contributed by atoms with Gasteiger partial charge in [-0.3, -0.25) is 22.8 Å². The van der Waals surface area contributed by atoms with Crippen LogP contribution in [-0.2, 0) is 67.8 Å². The first kappa shape index (κ1) is 59.4. The number of hydrogen-bond donors (Lipinski definition) is 8. The smallest absolute Gasteiger partial charge is 0.296 e. The topological polar surface area (TPSA) is 428 Å². The fourth-order valence-electron chi connectivity index (χ4n) is 6.84. The monoisotopic (exact) mass is 1180 g/mol. The van der Waals surface area contributed by atoms with Crippen LogP contribution in [0.5, 0.6) is 5.75 Å². The molecule has 0 radical (unpaired) electrons. The number of amides is 1. The SMILES string of the molecule is CCN(CC)c1ccc(/N=N/c2ccc(NS(=O)(=O)c3ccc(/N=N/c4c(S(=O)(=O)O)cc5cc(SOOO)c(/N=N/c6ccc(S(=O)(=O)CCOSOOO)cc6S(=O)(=O)O)c(N)c5c4O)cc3)cc2)c(NC(C)=O)c1. The van der Waals surface area contributed by atoms with Gasteiger partial charge in [0.05, 0.1) is 67.2 Å². The summed E-state index contributed by atoms with van der Waals surface area (Å²) in [5, 5.41) is 61.6. The molecule has 0 fully saturated rings. The van der Waals surface area contributed by atoms with Crippen molar-refractivity contribution in [1.29, 1.82) is 0 Å². The van der Waals surface area contributed by atoms with Gasteiger partial charge >= 0.3 is 0 Å². The van der Waals surface area contributed by atoms with Crippen molar-refractivity contribution < 1.29 is 86.1 Å². The second kappa shape index (κ2) is 25.6. The number of azo groups is 3. The van der Waals surface area contributed by atoms with E-state index in [1.165, 1.54) is 43.3 Å². The van der Waals surface area contributed by atoms with Crippen LogP contribution in [-0.4, -0.2) is 89.8 Å². The molecule has 6 aromatic carbocycles. The lowest BCUT2D eigenvalue weighted by Gasteiger charge is -2.22. The first-order valence-corrected chi connectivity index (χ1v) is 28.8. The van der Waals surface area contributed by atoms with Crippen molar-refractivity contribution in [1.82, 2.24) is 0 Å². The van der Waals surface area contributed by atoms with Crippen LogP contribution >= 0.6 is 24.4 Å². The van der Waals surface area contributed by atoms with Gasteiger partial charge < -0.3 is 21.1 Å². The van der Waals surface area contributed by atoms with Crippen LogP contribution < -0.4 is 20.7 Å². The first-order chi connectivity index (χ1) is 36.4. The Morgan fingerprint density at radius 2 is 1.27 bits per heavy atom. The van der Waals surface area contributed by atoms with Crippen LogP contribution in [0, 0.1) is 0 Å². The molecule has 0 aliphatic rings. The molecule has 0 aromatic heterocycles. The van der Waals surface area contributed by atoms with E-state index < -0.39 is 101 Å². The summed E-state index contributed by atoms with van der Waals surface area (Å²) >= 11 is 0.265. The van der Waals surface area contributed by atoms with E-state index in [4.69, 9.17) is 20.4 Å². The fourth-order valence-corrected chi connectivity index (χ4v) is 11.2. The highest BCUT2D eigenvalue weighted by molar-refractivity contribution is 7.94. The second-order valence-corrected chi connectivity index (χ2v) is 23.1. The van der Waals surface area contributed by atoms with E-state index in [9.17, 15) is 52.7 Å². The molecule has 0 saturated carbocycles. The summed E-state index contributed by atoms with van der Waals surface area (Å²) in [5.74, 6) is -2.09. The van der Waals surface area contributed by atoms with E-state index in [-0.39, 0.29) is 56.8 Å². The minimum Gasteiger partial charge on any atom is -0.505 e. The molecule has 35 heteroatoms. The summed E-state index contributed by atoms with van der Waals surface area (Å²) in [5.41, 5.74) is 5.92. The third-order valence-corrected chi connectivity index (χ3v) is 16.2. The van der Waals surface area contributed by atoms with Crippen molar-refractivity contribution in [3.05, 3.63) is 97.1 Å². The molecule has 9 N–H and O–H groups in total. The summed E-state index contributed by atoms with van der Waals surface area (Å²) in [4.78, 5) is 10.8. The average Bonchev–Trinajstić information content (AvgIpc) is 3.39. The first-order valence-electron chi connectivity index (χ1n) is 21.4. The number of nitrogen functional groups attached to an aromatic ring is 1. The molecule has 410 valence electrons. The zero-order valence-electron chi connectivity index (χ0n) is 39.7. The number of benzene rings is 6. The number of hydrogen-bond acceptors (Lipinski definition) is 27. The third kappa shape index (κ3) is 15.2. The van der Waals surface area contributed by atoms with Crippen molar-refractivity contribution in [3.8, 4) is 5.75 Å². The molecular formula is C42H42N10O19S6. The standard InChI is InChI=1S/C42H42N10O19S6/c1-4-52(5-2)29-12-16-32(34(22-29)44-24(3)53)47-45-26-6-8-28(9-7-26)51-75(59,60)30-13-10-27(11-14-30)46-50-41-37(77(64,65)66)21-25-20-35(72-70-68-55)40(39(43)38(25)42(41)54)49-48-33-17-15-31(23-36(33)76(61,62)63)74(57,58)19-18-67-73-71-69-56/h6-17,20-23,51,54-56H,4-5,18-19,43H2,1-3H3,(H,44,53)(H,61,62,63)(H,64,65,66)/b47-45+,49-48+,50-46+. The minimum absolute atomic E-state index is 0.0854. The zero-order chi connectivity index (χ0) is 56.3. The van der Waals surface area contributed by atoms with E-state index >= 15 is 0 Å². The molecule has 0 heterocycles. The van der Waals surface area contributed by atoms with Crippen LogP contribution in [0.4, 0.5) is 56.9 Å². The molecule has 0 bridgehead atoms. The summed E-state index contributed by atoms with van der Waals surface area (Å²) in [6, 6.07) is 20.0. The van der Waals surface area contributed by atoms with Crippen LogP contribution in [0.1, 0.15) is 20.8 Å². The predicted molar refractivity (Wildman–Crippen MR) is 278 cm³/mol. The summed E-state index contributed by atoms with van der Waals surface area (Å²) in [6.07, 6.45) is 0. The van der Waals surface area contributed by atoms with Crippen molar-refractivity contribution in [2.45, 2.75) is 45.2 Å². The zero-order valence-corrected chi connectivity index (χ0v) is 44.6. The average molecular weight is 1180 g/mol. The summed E-state index contributed by atoms with van der Waals surface area (Å²) in [6.45, 7) is 6.32. The molecule has 29 nitrogen and oxygen atoms in total. The highest BCUT2D eigenvalue weighted by Crippen LogP contribution is 2.50. The Balaban J connectivity index is 1.27. The van der Waals surface area contributed by atoms with Crippen molar-refractivity contribution >= 4 is 138 Å². The lowest BCUT2D eigenvalue weighted by Crippen LogP contribution is -2.21. The minimum atomic E-state index is -5.25. The van der Waals surface area contributed by atoms with Gasteiger partial charge in [-0.05, 0) is 116 Å². The number of anilines is 4. The molecule has 0 aliphatic heterocycles. The van der Waals surface area contributed by atoms with E-state index in [0.29, 0.717) is 23.1 Å². The van der Waals surface area contributed by atoms with E-state index in [0.717, 1.165) is 55.2 Å². The maximum absolute atomic E-state index is 13.4. The predicted octanol–water partition coefficient (Wildman–Crippen LogP) is 9.68. The number of aromatic hydroxyl groups is 1.